The lowest BCUT2D eigenvalue weighted by Crippen LogP contribution is -2.50. The minimum absolute atomic E-state index is 0.243. The highest BCUT2D eigenvalue weighted by Crippen LogP contribution is 2.32. The van der Waals surface area contributed by atoms with Gasteiger partial charge < -0.3 is 5.32 Å². The van der Waals surface area contributed by atoms with Crippen LogP contribution >= 0.6 is 0 Å². The third kappa shape index (κ3) is 4.05. The van der Waals surface area contributed by atoms with Crippen LogP contribution in [0.25, 0.3) is 10.8 Å². The molecular weight excluding hydrogens is 440 g/mol. The first-order chi connectivity index (χ1) is 15.8. The first kappa shape index (κ1) is 21.7. The highest BCUT2D eigenvalue weighted by Gasteiger charge is 2.29. The maximum atomic E-state index is 13.1. The maximum absolute atomic E-state index is 13.1. The second kappa shape index (κ2) is 8.36. The molecular formula is C23H26N6O3S. The van der Waals surface area contributed by atoms with Crippen LogP contribution in [0.3, 0.4) is 0 Å². The van der Waals surface area contributed by atoms with E-state index in [4.69, 9.17) is 0 Å². The number of H-pyrrole nitrogens is 1. The van der Waals surface area contributed by atoms with Gasteiger partial charge in [0.05, 0.1) is 27.9 Å². The molecule has 0 amide bonds. The number of nitrogens with one attached hydrogen (secondary N) is 2. The van der Waals surface area contributed by atoms with Gasteiger partial charge in [0.2, 0.25) is 10.0 Å². The highest BCUT2D eigenvalue weighted by atomic mass is 32.2. The van der Waals surface area contributed by atoms with Crippen LogP contribution in [0, 0.1) is 0 Å². The number of aromatic nitrogens is 2. The molecule has 172 valence electrons. The largest absolute Gasteiger partial charge is 0.342 e. The second-order valence-electron chi connectivity index (χ2n) is 8.69. The van der Waals surface area contributed by atoms with Crippen molar-refractivity contribution in [1.29, 1.82) is 0 Å². The number of aromatic amines is 1. The molecule has 2 aliphatic rings. The smallest absolute Gasteiger partial charge is 0.272 e. The molecule has 1 aromatic heterocycles. The quantitative estimate of drug-likeness (QED) is 0.598. The Kier molecular flexibility index (Phi) is 5.51. The normalized spacial score (nSPS) is 17.2. The van der Waals surface area contributed by atoms with E-state index in [0.29, 0.717) is 60.1 Å². The Morgan fingerprint density at radius 1 is 1.03 bits per heavy atom. The zero-order chi connectivity index (χ0) is 23.2. The Hall–Kier alpha value is -3.08. The molecule has 0 radical (unpaired) electrons. The number of anilines is 1. The van der Waals surface area contributed by atoms with Gasteiger partial charge >= 0.3 is 0 Å². The predicted octanol–water partition coefficient (Wildman–Crippen LogP) is 2.51. The van der Waals surface area contributed by atoms with E-state index in [1.807, 2.05) is 24.3 Å². The summed E-state index contributed by atoms with van der Waals surface area (Å²) in [4.78, 5) is 19.1. The maximum Gasteiger partial charge on any atom is 0.272 e. The number of piperazine rings is 1. The molecule has 10 heteroatoms. The molecule has 2 aliphatic heterocycles. The molecule has 3 aromatic rings. The molecule has 0 aliphatic carbocycles. The molecule has 1 fully saturated rings. The third-order valence-corrected chi connectivity index (χ3v) is 8.12. The molecule has 1 saturated heterocycles. The lowest BCUT2D eigenvalue weighted by atomic mass is 10.0. The predicted molar refractivity (Wildman–Crippen MR) is 129 cm³/mol. The topological polar surface area (TPSA) is 111 Å². The number of amidine groups is 1. The van der Waals surface area contributed by atoms with Crippen molar-refractivity contribution in [2.24, 2.45) is 4.99 Å². The van der Waals surface area contributed by atoms with Gasteiger partial charge in [0.25, 0.3) is 5.56 Å². The zero-order valence-electron chi connectivity index (χ0n) is 18.6. The van der Waals surface area contributed by atoms with E-state index in [0.717, 1.165) is 17.1 Å². The number of aliphatic imine (C=N–C) groups is 1. The van der Waals surface area contributed by atoms with E-state index in [2.05, 4.69) is 39.3 Å². The van der Waals surface area contributed by atoms with Crippen LogP contribution < -0.4 is 10.9 Å². The fourth-order valence-corrected chi connectivity index (χ4v) is 5.71. The molecule has 33 heavy (non-hydrogen) atoms. The van der Waals surface area contributed by atoms with Crippen molar-refractivity contribution < 1.29 is 8.42 Å². The molecule has 2 N–H and O–H groups in total. The molecule has 5 rings (SSSR count). The van der Waals surface area contributed by atoms with Crippen molar-refractivity contribution in [3.8, 4) is 0 Å². The molecule has 9 nitrogen and oxygen atoms in total. The number of benzene rings is 2. The van der Waals surface area contributed by atoms with E-state index < -0.39 is 10.0 Å². The van der Waals surface area contributed by atoms with Gasteiger partial charge in [-0.05, 0) is 35.7 Å². The minimum Gasteiger partial charge on any atom is -0.342 e. The van der Waals surface area contributed by atoms with E-state index in [1.165, 1.54) is 0 Å². The summed E-state index contributed by atoms with van der Waals surface area (Å²) in [5, 5.41) is 11.2. The molecule has 0 saturated carbocycles. The van der Waals surface area contributed by atoms with E-state index in [9.17, 15) is 13.2 Å². The molecule has 0 bridgehead atoms. The summed E-state index contributed by atoms with van der Waals surface area (Å²) < 4.78 is 27.7. The van der Waals surface area contributed by atoms with Crippen molar-refractivity contribution in [2.75, 3.05) is 38.0 Å². The lowest BCUT2D eigenvalue weighted by molar-refractivity contribution is 0.209. The molecule has 3 heterocycles. The van der Waals surface area contributed by atoms with Crippen molar-refractivity contribution in [2.45, 2.75) is 24.7 Å². The van der Waals surface area contributed by atoms with E-state index in [1.54, 1.807) is 22.5 Å². The fourth-order valence-electron chi connectivity index (χ4n) is 4.29. The first-order valence-electron chi connectivity index (χ1n) is 11.0. The number of nitrogens with zero attached hydrogens (tertiary/aromatic N) is 4. The SMILES string of the molecule is CC(C)c1ccc(S(=O)(=O)N2CCN(CC3=Nc4n[nH]c(=O)c5cccc(c45)N3)CC2)cc1. The van der Waals surface area contributed by atoms with Gasteiger partial charge in [-0.25, -0.2) is 18.5 Å². The summed E-state index contributed by atoms with van der Waals surface area (Å²) >= 11 is 0. The Morgan fingerprint density at radius 3 is 2.45 bits per heavy atom. The summed E-state index contributed by atoms with van der Waals surface area (Å²) in [5.74, 6) is 1.56. The van der Waals surface area contributed by atoms with Gasteiger partial charge in [-0.3, -0.25) is 9.69 Å². The number of rotatable bonds is 5. The second-order valence-corrected chi connectivity index (χ2v) is 10.6. The molecule has 0 unspecified atom stereocenters. The van der Waals surface area contributed by atoms with E-state index >= 15 is 0 Å². The van der Waals surface area contributed by atoms with Crippen LogP contribution in [0.2, 0.25) is 0 Å². The van der Waals surface area contributed by atoms with Crippen LogP contribution in [-0.2, 0) is 10.0 Å². The summed E-state index contributed by atoms with van der Waals surface area (Å²) in [7, 11) is -3.51. The van der Waals surface area contributed by atoms with Gasteiger partial charge in [-0.15, -0.1) is 0 Å². The van der Waals surface area contributed by atoms with Gasteiger partial charge in [-0.2, -0.15) is 9.40 Å². The Balaban J connectivity index is 1.27. The summed E-state index contributed by atoms with van der Waals surface area (Å²) in [6.07, 6.45) is 0. The molecule has 0 spiro atoms. The van der Waals surface area contributed by atoms with Crippen LogP contribution in [0.15, 0.2) is 57.1 Å². The number of hydrogen-bond donors (Lipinski definition) is 2. The summed E-state index contributed by atoms with van der Waals surface area (Å²) in [5.41, 5.74) is 1.68. The zero-order valence-corrected chi connectivity index (χ0v) is 19.4. The monoisotopic (exact) mass is 466 g/mol. The van der Waals surface area contributed by atoms with Crippen LogP contribution in [0.5, 0.6) is 0 Å². The van der Waals surface area contributed by atoms with Gasteiger partial charge in [0.1, 0.15) is 5.84 Å². The first-order valence-corrected chi connectivity index (χ1v) is 12.5. The average Bonchev–Trinajstić information content (AvgIpc) is 2.82. The lowest BCUT2D eigenvalue weighted by Gasteiger charge is -2.34. The summed E-state index contributed by atoms with van der Waals surface area (Å²) in [6.45, 7) is 6.73. The van der Waals surface area contributed by atoms with Crippen molar-refractivity contribution >= 4 is 38.1 Å². The minimum atomic E-state index is -3.51. The van der Waals surface area contributed by atoms with Crippen molar-refractivity contribution in [1.82, 2.24) is 19.4 Å². The van der Waals surface area contributed by atoms with Crippen LogP contribution in [0.4, 0.5) is 11.5 Å². The van der Waals surface area contributed by atoms with Crippen molar-refractivity contribution in [3.05, 3.63) is 58.4 Å². The van der Waals surface area contributed by atoms with E-state index in [-0.39, 0.29) is 5.56 Å². The molecule has 0 atom stereocenters. The summed E-state index contributed by atoms with van der Waals surface area (Å²) in [6, 6.07) is 12.7. The highest BCUT2D eigenvalue weighted by molar-refractivity contribution is 7.89. The van der Waals surface area contributed by atoms with Gasteiger partial charge in [-0.1, -0.05) is 32.0 Å². The molecule has 2 aromatic carbocycles. The Morgan fingerprint density at radius 2 is 1.76 bits per heavy atom. The Labute approximate surface area is 192 Å². The average molecular weight is 467 g/mol. The fraction of sp³-hybridized carbons (Fsp3) is 0.348. The van der Waals surface area contributed by atoms with Crippen molar-refractivity contribution in [3.63, 3.8) is 0 Å². The van der Waals surface area contributed by atoms with Crippen LogP contribution in [0.1, 0.15) is 25.3 Å². The standard InChI is InChI=1S/C23H26N6O3S/c1-15(2)16-6-8-17(9-7-16)33(31,32)29-12-10-28(11-13-29)14-20-24-19-5-3-4-18-21(19)22(25-20)26-27-23(18)30/h3-9,15H,10-14H2,1-2H3,(H,27,30)(H,24,25,26). The third-order valence-electron chi connectivity index (χ3n) is 6.21. The van der Waals surface area contributed by atoms with Gasteiger partial charge in [0, 0.05) is 26.2 Å². The van der Waals surface area contributed by atoms with Gasteiger partial charge in [0.15, 0.2) is 5.82 Å². The number of sulfonamides is 1. The Bertz CT molecular complexity index is 1390. The van der Waals surface area contributed by atoms with Crippen LogP contribution in [-0.4, -0.2) is 66.4 Å². The number of hydrogen-bond acceptors (Lipinski definition) is 7.